The Bertz CT molecular complexity index is 1150. The molecule has 3 aromatic rings. The second-order valence-electron chi connectivity index (χ2n) is 6.90. The van der Waals surface area contributed by atoms with Gasteiger partial charge in [0.2, 0.25) is 10.0 Å². The number of hydrogen-bond acceptors (Lipinski definition) is 3. The van der Waals surface area contributed by atoms with Gasteiger partial charge in [0.1, 0.15) is 0 Å². The van der Waals surface area contributed by atoms with E-state index in [0.717, 1.165) is 22.2 Å². The van der Waals surface area contributed by atoms with E-state index in [-0.39, 0.29) is 11.7 Å². The first kappa shape index (κ1) is 17.6. The van der Waals surface area contributed by atoms with Crippen LogP contribution in [0, 0.1) is 6.92 Å². The highest BCUT2D eigenvalue weighted by Crippen LogP contribution is 2.27. The minimum Gasteiger partial charge on any atom is -0.350 e. The van der Waals surface area contributed by atoms with Gasteiger partial charge in [-0.05, 0) is 60.7 Å². The fourth-order valence-corrected chi connectivity index (χ4v) is 5.08. The maximum Gasteiger partial charge on any atom is 0.255 e. The lowest BCUT2D eigenvalue weighted by Gasteiger charge is -2.18. The SMILES string of the molecule is Cc1cc(N2CCCS2(=O)=O)ccc1C(=O)Nc1ccc2ccn(C)c2c1. The molecule has 1 aliphatic rings. The molecule has 27 heavy (non-hydrogen) atoms. The predicted octanol–water partition coefficient (Wildman–Crippen LogP) is 3.28. The van der Waals surface area contributed by atoms with Crippen molar-refractivity contribution in [3.63, 3.8) is 0 Å². The maximum absolute atomic E-state index is 12.7. The summed E-state index contributed by atoms with van der Waals surface area (Å²) < 4.78 is 27.6. The van der Waals surface area contributed by atoms with E-state index in [4.69, 9.17) is 0 Å². The van der Waals surface area contributed by atoms with Crippen LogP contribution in [0.2, 0.25) is 0 Å². The van der Waals surface area contributed by atoms with Gasteiger partial charge in [-0.15, -0.1) is 0 Å². The summed E-state index contributed by atoms with van der Waals surface area (Å²) in [6.45, 7) is 2.31. The molecular weight excluding hydrogens is 362 g/mol. The summed E-state index contributed by atoms with van der Waals surface area (Å²) in [4.78, 5) is 12.7. The van der Waals surface area contributed by atoms with Crippen molar-refractivity contribution >= 4 is 38.2 Å². The van der Waals surface area contributed by atoms with Crippen molar-refractivity contribution in [1.29, 1.82) is 0 Å². The van der Waals surface area contributed by atoms with Crippen LogP contribution in [0.15, 0.2) is 48.7 Å². The summed E-state index contributed by atoms with van der Waals surface area (Å²) in [7, 11) is -1.27. The molecular formula is C20H21N3O3S. The number of nitrogens with zero attached hydrogens (tertiary/aromatic N) is 2. The molecule has 1 aliphatic heterocycles. The van der Waals surface area contributed by atoms with Crippen LogP contribution in [0.25, 0.3) is 10.9 Å². The van der Waals surface area contributed by atoms with E-state index in [0.29, 0.717) is 24.2 Å². The summed E-state index contributed by atoms with van der Waals surface area (Å²) in [6.07, 6.45) is 2.61. The van der Waals surface area contributed by atoms with Gasteiger partial charge in [-0.3, -0.25) is 9.10 Å². The molecule has 1 aromatic heterocycles. The molecule has 4 rings (SSSR count). The van der Waals surface area contributed by atoms with Crippen LogP contribution >= 0.6 is 0 Å². The maximum atomic E-state index is 12.7. The van der Waals surface area contributed by atoms with E-state index in [1.165, 1.54) is 4.31 Å². The Balaban J connectivity index is 1.59. The smallest absolute Gasteiger partial charge is 0.255 e. The highest BCUT2D eigenvalue weighted by Gasteiger charge is 2.28. The summed E-state index contributed by atoms with van der Waals surface area (Å²) in [6, 6.07) is 13.0. The first-order valence-corrected chi connectivity index (χ1v) is 10.4. The normalized spacial score (nSPS) is 16.0. The quantitative estimate of drug-likeness (QED) is 0.754. The molecule has 0 bridgehead atoms. The average Bonchev–Trinajstić information content (AvgIpc) is 3.16. The number of rotatable bonds is 3. The van der Waals surface area contributed by atoms with Crippen molar-refractivity contribution in [2.75, 3.05) is 21.9 Å². The van der Waals surface area contributed by atoms with Crippen molar-refractivity contribution < 1.29 is 13.2 Å². The summed E-state index contributed by atoms with van der Waals surface area (Å²) in [5, 5.41) is 4.04. The zero-order chi connectivity index (χ0) is 19.2. The van der Waals surface area contributed by atoms with Gasteiger partial charge in [0.25, 0.3) is 5.91 Å². The number of aromatic nitrogens is 1. The number of sulfonamides is 1. The Hall–Kier alpha value is -2.80. The number of fused-ring (bicyclic) bond motifs is 1. The Morgan fingerprint density at radius 1 is 1.11 bits per heavy atom. The zero-order valence-electron chi connectivity index (χ0n) is 15.3. The molecule has 2 aromatic carbocycles. The van der Waals surface area contributed by atoms with E-state index < -0.39 is 10.0 Å². The van der Waals surface area contributed by atoms with Gasteiger partial charge in [-0.1, -0.05) is 6.07 Å². The van der Waals surface area contributed by atoms with Gasteiger partial charge in [0.15, 0.2) is 0 Å². The Morgan fingerprint density at radius 3 is 2.63 bits per heavy atom. The lowest BCUT2D eigenvalue weighted by molar-refractivity contribution is 0.102. The van der Waals surface area contributed by atoms with Gasteiger partial charge >= 0.3 is 0 Å². The van der Waals surface area contributed by atoms with Crippen LogP contribution in [-0.2, 0) is 17.1 Å². The molecule has 0 atom stereocenters. The van der Waals surface area contributed by atoms with E-state index >= 15 is 0 Å². The summed E-state index contributed by atoms with van der Waals surface area (Å²) in [5.41, 5.74) is 3.65. The van der Waals surface area contributed by atoms with Crippen LogP contribution in [-0.4, -0.2) is 31.2 Å². The van der Waals surface area contributed by atoms with Crippen LogP contribution < -0.4 is 9.62 Å². The predicted molar refractivity (Wildman–Crippen MR) is 108 cm³/mol. The molecule has 0 saturated carbocycles. The van der Waals surface area contributed by atoms with E-state index in [9.17, 15) is 13.2 Å². The average molecular weight is 383 g/mol. The third-order valence-corrected chi connectivity index (χ3v) is 6.86. The molecule has 0 unspecified atom stereocenters. The van der Waals surface area contributed by atoms with Crippen molar-refractivity contribution in [3.05, 3.63) is 59.8 Å². The Kier molecular flexibility index (Phi) is 4.19. The monoisotopic (exact) mass is 383 g/mol. The number of carbonyl (C=O) groups excluding carboxylic acids is 1. The molecule has 1 N–H and O–H groups in total. The number of aryl methyl sites for hydroxylation is 2. The molecule has 0 radical (unpaired) electrons. The topological polar surface area (TPSA) is 71.4 Å². The molecule has 2 heterocycles. The molecule has 6 nitrogen and oxygen atoms in total. The molecule has 140 valence electrons. The zero-order valence-corrected chi connectivity index (χ0v) is 16.1. The Morgan fingerprint density at radius 2 is 1.93 bits per heavy atom. The highest BCUT2D eigenvalue weighted by molar-refractivity contribution is 7.93. The molecule has 0 aliphatic carbocycles. The highest BCUT2D eigenvalue weighted by atomic mass is 32.2. The van der Waals surface area contributed by atoms with Gasteiger partial charge in [0.05, 0.1) is 11.4 Å². The van der Waals surface area contributed by atoms with E-state index in [2.05, 4.69) is 5.32 Å². The minimum atomic E-state index is -3.23. The molecule has 7 heteroatoms. The number of hydrogen-bond donors (Lipinski definition) is 1. The third-order valence-electron chi connectivity index (χ3n) is 4.99. The van der Waals surface area contributed by atoms with Crippen LogP contribution in [0.3, 0.4) is 0 Å². The minimum absolute atomic E-state index is 0.177. The number of benzene rings is 2. The number of anilines is 2. The van der Waals surface area contributed by atoms with Crippen molar-refractivity contribution in [1.82, 2.24) is 4.57 Å². The molecule has 1 saturated heterocycles. The Labute approximate surface area is 158 Å². The number of amides is 1. The fraction of sp³-hybridized carbons (Fsp3) is 0.250. The number of nitrogens with one attached hydrogen (secondary N) is 1. The molecule has 1 fully saturated rings. The van der Waals surface area contributed by atoms with Gasteiger partial charge in [-0.2, -0.15) is 0 Å². The second-order valence-corrected chi connectivity index (χ2v) is 8.91. The first-order chi connectivity index (χ1) is 12.8. The molecule has 1 amide bonds. The standard InChI is InChI=1S/C20H21N3O3S/c1-14-12-17(23-9-3-11-27(23,25)26)6-7-18(14)20(24)21-16-5-4-15-8-10-22(2)19(15)13-16/h4-8,10,12-13H,3,9,11H2,1-2H3,(H,21,24). The first-order valence-electron chi connectivity index (χ1n) is 8.83. The summed E-state index contributed by atoms with van der Waals surface area (Å²) in [5.74, 6) is -0.0347. The van der Waals surface area contributed by atoms with E-state index in [1.54, 1.807) is 18.2 Å². The van der Waals surface area contributed by atoms with Crippen LogP contribution in [0.4, 0.5) is 11.4 Å². The molecule has 0 spiro atoms. The van der Waals surface area contributed by atoms with Crippen LogP contribution in [0.1, 0.15) is 22.3 Å². The van der Waals surface area contributed by atoms with Gasteiger partial charge in [0, 0.05) is 36.6 Å². The van der Waals surface area contributed by atoms with Gasteiger partial charge < -0.3 is 9.88 Å². The van der Waals surface area contributed by atoms with Crippen molar-refractivity contribution in [2.24, 2.45) is 7.05 Å². The van der Waals surface area contributed by atoms with Gasteiger partial charge in [-0.25, -0.2) is 8.42 Å². The lowest BCUT2D eigenvalue weighted by Crippen LogP contribution is -2.25. The lowest BCUT2D eigenvalue weighted by atomic mass is 10.1. The van der Waals surface area contributed by atoms with Crippen molar-refractivity contribution in [2.45, 2.75) is 13.3 Å². The second kappa shape index (κ2) is 6.42. The van der Waals surface area contributed by atoms with Crippen molar-refractivity contribution in [3.8, 4) is 0 Å². The third kappa shape index (κ3) is 3.19. The largest absolute Gasteiger partial charge is 0.350 e. The fourth-order valence-electron chi connectivity index (χ4n) is 3.53. The number of carbonyl (C=O) groups is 1. The van der Waals surface area contributed by atoms with Crippen LogP contribution in [0.5, 0.6) is 0 Å². The summed E-state index contributed by atoms with van der Waals surface area (Å²) >= 11 is 0. The van der Waals surface area contributed by atoms with E-state index in [1.807, 2.05) is 49.0 Å².